The van der Waals surface area contributed by atoms with Crippen molar-refractivity contribution in [1.82, 2.24) is 0 Å². The van der Waals surface area contributed by atoms with E-state index in [0.717, 1.165) is 0 Å². The fourth-order valence-corrected chi connectivity index (χ4v) is 3.31. The molecule has 0 unspecified atom stereocenters. The average molecular weight is 255 g/mol. The summed E-state index contributed by atoms with van der Waals surface area (Å²) in [5.74, 6) is -1.07. The number of aliphatic carboxylic acids is 1. The Hall–Kier alpha value is 0.01000. The lowest BCUT2D eigenvalue weighted by atomic mass is 9.65. The van der Waals surface area contributed by atoms with Gasteiger partial charge >= 0.3 is 5.97 Å². The lowest BCUT2D eigenvalue weighted by Gasteiger charge is -2.40. The van der Waals surface area contributed by atoms with Crippen molar-refractivity contribution in [3.05, 3.63) is 0 Å². The molecule has 0 bridgehead atoms. The molecule has 0 radical (unpaired) electrons. The highest BCUT2D eigenvalue weighted by molar-refractivity contribution is 6.44. The molecule has 0 amide bonds. The number of hydrogen-bond donors (Lipinski definition) is 2. The first-order valence-electron chi connectivity index (χ1n) is 4.92. The molecule has 0 spiro atoms. The molecule has 0 saturated heterocycles. The average Bonchev–Trinajstić information content (AvgIpc) is 2.42. The highest BCUT2D eigenvalue weighted by Gasteiger charge is 2.60. The first-order valence-corrected chi connectivity index (χ1v) is 5.79. The van der Waals surface area contributed by atoms with Gasteiger partial charge in [0.2, 0.25) is 0 Å². The number of alkyl halides is 2. The van der Waals surface area contributed by atoms with Crippen LogP contribution >= 0.6 is 23.2 Å². The standard InChI is InChI=1S/C10H16Cl2O3/c1-9(8(14)15)4-3-6(7(11)12)10(9,2)5-13/h6-7,13H,3-5H2,1-2H3,(H,14,15)/t6-,9-,10+/m1/s1. The van der Waals surface area contributed by atoms with Gasteiger partial charge in [0.25, 0.3) is 0 Å². The van der Waals surface area contributed by atoms with Crippen molar-refractivity contribution in [1.29, 1.82) is 0 Å². The molecule has 0 aromatic rings. The zero-order valence-corrected chi connectivity index (χ0v) is 10.3. The summed E-state index contributed by atoms with van der Waals surface area (Å²) >= 11 is 11.7. The molecule has 1 rings (SSSR count). The van der Waals surface area contributed by atoms with Crippen LogP contribution in [0.5, 0.6) is 0 Å². The Kier molecular flexibility index (Phi) is 3.59. The minimum atomic E-state index is -0.950. The normalized spacial score (nSPS) is 41.1. The molecule has 1 aliphatic carbocycles. The Morgan fingerprint density at radius 2 is 2.07 bits per heavy atom. The topological polar surface area (TPSA) is 57.5 Å². The van der Waals surface area contributed by atoms with Crippen molar-refractivity contribution in [2.45, 2.75) is 31.5 Å². The maximum atomic E-state index is 11.3. The van der Waals surface area contributed by atoms with Crippen LogP contribution in [-0.2, 0) is 4.79 Å². The maximum absolute atomic E-state index is 11.3. The number of carboxylic acid groups (broad SMARTS) is 1. The van der Waals surface area contributed by atoms with E-state index in [2.05, 4.69) is 0 Å². The molecule has 3 nitrogen and oxygen atoms in total. The molecule has 1 aliphatic rings. The molecule has 0 heterocycles. The number of carbonyl (C=O) groups is 1. The van der Waals surface area contributed by atoms with E-state index in [1.807, 2.05) is 0 Å². The summed E-state index contributed by atoms with van der Waals surface area (Å²) in [6, 6.07) is 0. The van der Waals surface area contributed by atoms with Crippen LogP contribution in [-0.4, -0.2) is 27.6 Å². The van der Waals surface area contributed by atoms with Gasteiger partial charge in [0.1, 0.15) is 4.84 Å². The van der Waals surface area contributed by atoms with Crippen LogP contribution in [0.1, 0.15) is 26.7 Å². The van der Waals surface area contributed by atoms with Gasteiger partial charge in [-0.3, -0.25) is 4.79 Å². The molecule has 88 valence electrons. The molecule has 2 N–H and O–H groups in total. The van der Waals surface area contributed by atoms with Gasteiger partial charge in [0.05, 0.1) is 5.41 Å². The van der Waals surface area contributed by atoms with Gasteiger partial charge in [-0.2, -0.15) is 0 Å². The quantitative estimate of drug-likeness (QED) is 0.760. The summed E-state index contributed by atoms with van der Waals surface area (Å²) in [4.78, 5) is 10.6. The number of hydrogen-bond acceptors (Lipinski definition) is 2. The summed E-state index contributed by atoms with van der Waals surface area (Å²) < 4.78 is 0. The van der Waals surface area contributed by atoms with Crippen LogP contribution in [0.25, 0.3) is 0 Å². The summed E-state index contributed by atoms with van der Waals surface area (Å²) in [6.45, 7) is 3.19. The second-order valence-corrected chi connectivity index (χ2v) is 5.86. The predicted molar refractivity (Wildman–Crippen MR) is 59.2 cm³/mol. The summed E-state index contributed by atoms with van der Waals surface area (Å²) in [6.07, 6.45) is 1.14. The van der Waals surface area contributed by atoms with Crippen molar-refractivity contribution in [3.63, 3.8) is 0 Å². The summed E-state index contributed by atoms with van der Waals surface area (Å²) in [5.41, 5.74) is -1.71. The van der Waals surface area contributed by atoms with Gasteiger partial charge in [-0.25, -0.2) is 0 Å². The molecular weight excluding hydrogens is 239 g/mol. The minimum Gasteiger partial charge on any atom is -0.481 e. The zero-order chi connectivity index (χ0) is 11.9. The molecular formula is C10H16Cl2O3. The Labute approximate surface area is 99.4 Å². The smallest absolute Gasteiger partial charge is 0.310 e. The Morgan fingerprint density at radius 3 is 2.40 bits per heavy atom. The van der Waals surface area contributed by atoms with Crippen molar-refractivity contribution >= 4 is 29.2 Å². The first kappa shape index (κ1) is 13.1. The number of halogens is 2. The zero-order valence-electron chi connectivity index (χ0n) is 8.83. The van der Waals surface area contributed by atoms with Gasteiger partial charge in [-0.1, -0.05) is 6.92 Å². The van der Waals surface area contributed by atoms with Crippen LogP contribution in [0.4, 0.5) is 0 Å². The van der Waals surface area contributed by atoms with Gasteiger partial charge < -0.3 is 10.2 Å². The van der Waals surface area contributed by atoms with Crippen molar-refractivity contribution in [2.24, 2.45) is 16.7 Å². The maximum Gasteiger partial charge on any atom is 0.310 e. The number of aliphatic hydroxyl groups is 1. The fourth-order valence-electron chi connectivity index (χ4n) is 2.50. The third kappa shape index (κ3) is 1.75. The second-order valence-electron chi connectivity index (χ2n) is 4.69. The van der Waals surface area contributed by atoms with Crippen LogP contribution < -0.4 is 0 Å². The van der Waals surface area contributed by atoms with Crippen LogP contribution in [0.15, 0.2) is 0 Å². The largest absolute Gasteiger partial charge is 0.481 e. The molecule has 5 heteroatoms. The highest BCUT2D eigenvalue weighted by Crippen LogP contribution is 2.58. The van der Waals surface area contributed by atoms with E-state index in [9.17, 15) is 15.0 Å². The molecule has 3 atom stereocenters. The van der Waals surface area contributed by atoms with E-state index >= 15 is 0 Å². The van der Waals surface area contributed by atoms with Gasteiger partial charge in [0.15, 0.2) is 0 Å². The van der Waals surface area contributed by atoms with E-state index in [1.165, 1.54) is 0 Å². The van der Waals surface area contributed by atoms with Gasteiger partial charge in [-0.05, 0) is 25.7 Å². The SMILES string of the molecule is C[C@]1(CO)[C@@H](C(Cl)Cl)CC[C@]1(C)C(=O)O. The van der Waals surface area contributed by atoms with Crippen LogP contribution in [0.3, 0.4) is 0 Å². The van der Waals surface area contributed by atoms with Crippen molar-refractivity contribution in [3.8, 4) is 0 Å². The molecule has 0 aromatic heterocycles. The van der Waals surface area contributed by atoms with Crippen LogP contribution in [0.2, 0.25) is 0 Å². The number of rotatable bonds is 3. The third-order valence-electron chi connectivity index (χ3n) is 4.14. The van der Waals surface area contributed by atoms with Crippen LogP contribution in [0, 0.1) is 16.7 Å². The Morgan fingerprint density at radius 1 is 1.53 bits per heavy atom. The highest BCUT2D eigenvalue weighted by atomic mass is 35.5. The lowest BCUT2D eigenvalue weighted by molar-refractivity contribution is -0.157. The van der Waals surface area contributed by atoms with Gasteiger partial charge in [-0.15, -0.1) is 23.2 Å². The van der Waals surface area contributed by atoms with E-state index in [4.69, 9.17) is 23.2 Å². The first-order chi connectivity index (χ1) is 6.79. The Balaban J connectivity index is 3.11. The summed E-state index contributed by atoms with van der Waals surface area (Å²) in [5, 5.41) is 18.7. The summed E-state index contributed by atoms with van der Waals surface area (Å²) in [7, 11) is 0. The lowest BCUT2D eigenvalue weighted by Crippen LogP contribution is -2.46. The predicted octanol–water partition coefficient (Wildman–Crippen LogP) is 2.29. The third-order valence-corrected chi connectivity index (χ3v) is 4.75. The fraction of sp³-hybridized carbons (Fsp3) is 0.900. The molecule has 1 fully saturated rings. The molecule has 0 aromatic carbocycles. The molecule has 0 aliphatic heterocycles. The molecule has 15 heavy (non-hydrogen) atoms. The van der Waals surface area contributed by atoms with E-state index in [-0.39, 0.29) is 12.5 Å². The van der Waals surface area contributed by atoms with Gasteiger partial charge in [0, 0.05) is 12.0 Å². The van der Waals surface area contributed by atoms with E-state index < -0.39 is 21.6 Å². The second kappa shape index (κ2) is 4.11. The minimum absolute atomic E-state index is 0.174. The van der Waals surface area contributed by atoms with E-state index in [1.54, 1.807) is 13.8 Å². The van der Waals surface area contributed by atoms with Crippen molar-refractivity contribution < 1.29 is 15.0 Å². The number of aliphatic hydroxyl groups excluding tert-OH is 1. The van der Waals surface area contributed by atoms with E-state index in [0.29, 0.717) is 12.8 Å². The Bertz CT molecular complexity index is 269. The monoisotopic (exact) mass is 254 g/mol. The van der Waals surface area contributed by atoms with Crippen molar-refractivity contribution in [2.75, 3.05) is 6.61 Å². The number of carboxylic acids is 1. The molecule has 1 saturated carbocycles.